The highest BCUT2D eigenvalue weighted by Gasteiger charge is 2.16. The summed E-state index contributed by atoms with van der Waals surface area (Å²) in [4.78, 5) is 23.1. The highest BCUT2D eigenvalue weighted by molar-refractivity contribution is 7.21. The molecule has 5 N–H and O–H groups in total. The molecular formula is C13H15N3O2S. The fraction of sp³-hybridized carbons (Fsp3) is 0.231. The van der Waals surface area contributed by atoms with E-state index in [0.717, 1.165) is 15.6 Å². The SMILES string of the molecule is Cc1cccc2c(N)c(C(=O)NCCC(N)=O)sc12. The van der Waals surface area contributed by atoms with Gasteiger partial charge in [0, 0.05) is 23.1 Å². The molecular weight excluding hydrogens is 262 g/mol. The van der Waals surface area contributed by atoms with Crippen LogP contribution in [0.15, 0.2) is 18.2 Å². The van der Waals surface area contributed by atoms with Crippen molar-refractivity contribution in [3.8, 4) is 0 Å². The Hall–Kier alpha value is -2.08. The number of hydrogen-bond acceptors (Lipinski definition) is 4. The number of amides is 2. The molecule has 0 aliphatic rings. The van der Waals surface area contributed by atoms with Crippen molar-refractivity contribution in [3.05, 3.63) is 28.6 Å². The first-order valence-electron chi connectivity index (χ1n) is 5.84. The van der Waals surface area contributed by atoms with Crippen LogP contribution in [-0.4, -0.2) is 18.4 Å². The minimum atomic E-state index is -0.444. The van der Waals surface area contributed by atoms with Gasteiger partial charge in [-0.05, 0) is 12.5 Å². The van der Waals surface area contributed by atoms with Crippen molar-refractivity contribution in [2.45, 2.75) is 13.3 Å². The summed E-state index contributed by atoms with van der Waals surface area (Å²) >= 11 is 1.36. The molecule has 2 aromatic rings. The van der Waals surface area contributed by atoms with Gasteiger partial charge in [-0.15, -0.1) is 11.3 Å². The Balaban J connectivity index is 2.25. The first-order chi connectivity index (χ1) is 9.00. The third kappa shape index (κ3) is 2.68. The van der Waals surface area contributed by atoms with E-state index < -0.39 is 5.91 Å². The molecule has 5 nitrogen and oxygen atoms in total. The third-order valence-corrected chi connectivity index (χ3v) is 4.17. The van der Waals surface area contributed by atoms with E-state index in [2.05, 4.69) is 5.32 Å². The zero-order valence-corrected chi connectivity index (χ0v) is 11.3. The maximum atomic E-state index is 12.0. The third-order valence-electron chi connectivity index (χ3n) is 2.81. The summed E-state index contributed by atoms with van der Waals surface area (Å²) < 4.78 is 1.01. The highest BCUT2D eigenvalue weighted by atomic mass is 32.1. The largest absolute Gasteiger partial charge is 0.397 e. The van der Waals surface area contributed by atoms with Gasteiger partial charge in [-0.1, -0.05) is 18.2 Å². The van der Waals surface area contributed by atoms with E-state index >= 15 is 0 Å². The molecule has 2 amide bonds. The molecule has 0 spiro atoms. The van der Waals surface area contributed by atoms with Crippen LogP contribution in [0.1, 0.15) is 21.7 Å². The van der Waals surface area contributed by atoms with Gasteiger partial charge in [-0.25, -0.2) is 0 Å². The average molecular weight is 277 g/mol. The summed E-state index contributed by atoms with van der Waals surface area (Å²) in [6.07, 6.45) is 0.121. The molecule has 0 aliphatic carbocycles. The molecule has 0 atom stereocenters. The van der Waals surface area contributed by atoms with Crippen molar-refractivity contribution in [1.29, 1.82) is 0 Å². The molecule has 1 aromatic heterocycles. The van der Waals surface area contributed by atoms with E-state index in [0.29, 0.717) is 10.6 Å². The molecule has 100 valence electrons. The lowest BCUT2D eigenvalue weighted by Gasteiger charge is -2.02. The summed E-state index contributed by atoms with van der Waals surface area (Å²) in [7, 11) is 0. The van der Waals surface area contributed by atoms with Gasteiger partial charge in [0.05, 0.1) is 5.69 Å². The second kappa shape index (κ2) is 5.27. The fourth-order valence-electron chi connectivity index (χ4n) is 1.83. The van der Waals surface area contributed by atoms with Crippen LogP contribution in [0.25, 0.3) is 10.1 Å². The minimum absolute atomic E-state index is 0.121. The number of primary amides is 1. The second-order valence-electron chi connectivity index (χ2n) is 4.27. The summed E-state index contributed by atoms with van der Waals surface area (Å²) in [5.41, 5.74) is 12.6. The van der Waals surface area contributed by atoms with Gasteiger partial charge in [0.15, 0.2) is 0 Å². The molecule has 0 fully saturated rings. The quantitative estimate of drug-likeness (QED) is 0.787. The lowest BCUT2D eigenvalue weighted by Crippen LogP contribution is -2.27. The number of fused-ring (bicyclic) bond motifs is 1. The van der Waals surface area contributed by atoms with E-state index in [-0.39, 0.29) is 18.9 Å². The Morgan fingerprint density at radius 3 is 2.74 bits per heavy atom. The Morgan fingerprint density at radius 2 is 2.11 bits per heavy atom. The number of thiophene rings is 1. The van der Waals surface area contributed by atoms with Crippen LogP contribution in [0.3, 0.4) is 0 Å². The number of carbonyl (C=O) groups is 2. The van der Waals surface area contributed by atoms with Crippen LogP contribution in [0.5, 0.6) is 0 Å². The van der Waals surface area contributed by atoms with E-state index in [4.69, 9.17) is 11.5 Å². The molecule has 0 radical (unpaired) electrons. The summed E-state index contributed by atoms with van der Waals surface area (Å²) in [5, 5.41) is 3.54. The van der Waals surface area contributed by atoms with Crippen LogP contribution in [0.4, 0.5) is 5.69 Å². The van der Waals surface area contributed by atoms with Crippen LogP contribution in [0.2, 0.25) is 0 Å². The van der Waals surface area contributed by atoms with Gasteiger partial charge in [0.25, 0.3) is 5.91 Å². The number of benzene rings is 1. The first-order valence-corrected chi connectivity index (χ1v) is 6.66. The monoisotopic (exact) mass is 277 g/mol. The van der Waals surface area contributed by atoms with Crippen molar-refractivity contribution in [2.24, 2.45) is 5.73 Å². The van der Waals surface area contributed by atoms with Gasteiger partial charge in [-0.3, -0.25) is 9.59 Å². The standard InChI is InChI=1S/C13H15N3O2S/c1-7-3-2-4-8-10(15)12(19-11(7)8)13(18)16-6-5-9(14)17/h2-4H,5-6,15H2,1H3,(H2,14,17)(H,16,18). The zero-order chi connectivity index (χ0) is 14.0. The molecule has 1 aromatic carbocycles. The van der Waals surface area contributed by atoms with Crippen molar-refractivity contribution < 1.29 is 9.59 Å². The van der Waals surface area contributed by atoms with E-state index in [1.54, 1.807) is 0 Å². The smallest absolute Gasteiger partial charge is 0.263 e. The van der Waals surface area contributed by atoms with E-state index in [9.17, 15) is 9.59 Å². The number of rotatable bonds is 4. The van der Waals surface area contributed by atoms with Gasteiger partial charge in [-0.2, -0.15) is 0 Å². The lowest BCUT2D eigenvalue weighted by atomic mass is 10.1. The van der Waals surface area contributed by atoms with E-state index in [1.165, 1.54) is 11.3 Å². The first kappa shape index (κ1) is 13.4. The number of carbonyl (C=O) groups excluding carboxylic acids is 2. The Kier molecular flexibility index (Phi) is 3.71. The predicted octanol–water partition coefficient (Wildman–Crippen LogP) is 1.40. The minimum Gasteiger partial charge on any atom is -0.397 e. The zero-order valence-electron chi connectivity index (χ0n) is 10.5. The molecule has 0 unspecified atom stereocenters. The van der Waals surface area contributed by atoms with Gasteiger partial charge in [0.1, 0.15) is 4.88 Å². The number of hydrogen-bond donors (Lipinski definition) is 3. The Morgan fingerprint density at radius 1 is 1.37 bits per heavy atom. The van der Waals surface area contributed by atoms with Crippen molar-refractivity contribution >= 4 is 38.9 Å². The molecule has 0 saturated heterocycles. The Labute approximate surface area is 114 Å². The number of nitrogens with one attached hydrogen (secondary N) is 1. The van der Waals surface area contributed by atoms with E-state index in [1.807, 2.05) is 25.1 Å². The van der Waals surface area contributed by atoms with Gasteiger partial charge >= 0.3 is 0 Å². The number of anilines is 1. The van der Waals surface area contributed by atoms with Crippen LogP contribution < -0.4 is 16.8 Å². The second-order valence-corrected chi connectivity index (χ2v) is 5.29. The van der Waals surface area contributed by atoms with Crippen LogP contribution >= 0.6 is 11.3 Å². The maximum absolute atomic E-state index is 12.0. The number of nitrogen functional groups attached to an aromatic ring is 1. The topological polar surface area (TPSA) is 98.2 Å². The summed E-state index contributed by atoms with van der Waals surface area (Å²) in [5.74, 6) is -0.709. The molecule has 0 aliphatic heterocycles. The maximum Gasteiger partial charge on any atom is 0.263 e. The number of nitrogens with two attached hydrogens (primary N) is 2. The predicted molar refractivity (Wildman–Crippen MR) is 77.1 cm³/mol. The number of aryl methyl sites for hydroxylation is 1. The molecule has 1 heterocycles. The van der Waals surface area contributed by atoms with Crippen molar-refractivity contribution in [2.75, 3.05) is 12.3 Å². The molecule has 0 bridgehead atoms. The molecule has 0 saturated carbocycles. The molecule has 6 heteroatoms. The van der Waals surface area contributed by atoms with Crippen LogP contribution in [-0.2, 0) is 4.79 Å². The van der Waals surface area contributed by atoms with Crippen LogP contribution in [0, 0.1) is 6.92 Å². The lowest BCUT2D eigenvalue weighted by molar-refractivity contribution is -0.117. The summed E-state index contributed by atoms with van der Waals surface area (Å²) in [6.45, 7) is 2.20. The van der Waals surface area contributed by atoms with Crippen molar-refractivity contribution in [3.63, 3.8) is 0 Å². The molecule has 19 heavy (non-hydrogen) atoms. The van der Waals surface area contributed by atoms with Gasteiger partial charge in [0.2, 0.25) is 5.91 Å². The average Bonchev–Trinajstić information content (AvgIpc) is 2.68. The summed E-state index contributed by atoms with van der Waals surface area (Å²) in [6, 6.07) is 5.79. The highest BCUT2D eigenvalue weighted by Crippen LogP contribution is 2.35. The normalized spacial score (nSPS) is 10.6. The fourth-order valence-corrected chi connectivity index (χ4v) is 2.93. The molecule has 2 rings (SSSR count). The van der Waals surface area contributed by atoms with Crippen molar-refractivity contribution in [1.82, 2.24) is 5.32 Å². The Bertz CT molecular complexity index is 649. The van der Waals surface area contributed by atoms with Gasteiger partial charge < -0.3 is 16.8 Å².